The highest BCUT2D eigenvalue weighted by Crippen LogP contribution is 2.28. The predicted octanol–water partition coefficient (Wildman–Crippen LogP) is 2.65. The first-order chi connectivity index (χ1) is 16.8. The molecule has 0 unspecified atom stereocenters. The van der Waals surface area contributed by atoms with Gasteiger partial charge in [-0.1, -0.05) is 44.5 Å². The Labute approximate surface area is 203 Å². The van der Waals surface area contributed by atoms with Gasteiger partial charge in [-0.25, -0.2) is 13.2 Å². The largest absolute Gasteiger partial charge is 0.341 e. The zero-order valence-electron chi connectivity index (χ0n) is 19.8. The smallest absolute Gasteiger partial charge is 0.326 e. The Balaban J connectivity index is 1.37. The van der Waals surface area contributed by atoms with E-state index in [-0.39, 0.29) is 34.3 Å². The van der Waals surface area contributed by atoms with Gasteiger partial charge in [-0.05, 0) is 43.0 Å². The van der Waals surface area contributed by atoms with Crippen LogP contribution >= 0.6 is 0 Å². The van der Waals surface area contributed by atoms with Crippen LogP contribution in [-0.4, -0.2) is 53.7 Å². The molecule has 35 heavy (non-hydrogen) atoms. The van der Waals surface area contributed by atoms with Gasteiger partial charge in [0.2, 0.25) is 5.91 Å². The van der Waals surface area contributed by atoms with E-state index in [0.29, 0.717) is 31.5 Å². The molecule has 0 spiro atoms. The fraction of sp³-hybridized carbons (Fsp3) is 0.400. The van der Waals surface area contributed by atoms with Gasteiger partial charge in [0, 0.05) is 24.7 Å². The summed E-state index contributed by atoms with van der Waals surface area (Å²) in [6.45, 7) is 4.97. The fourth-order valence-electron chi connectivity index (χ4n) is 4.99. The lowest BCUT2D eigenvalue weighted by atomic mass is 9.96. The van der Waals surface area contributed by atoms with Crippen molar-refractivity contribution in [3.05, 3.63) is 64.6 Å². The van der Waals surface area contributed by atoms with Crippen LogP contribution in [0.1, 0.15) is 44.7 Å². The second-order valence-electron chi connectivity index (χ2n) is 9.28. The average molecular weight is 496 g/mol. The summed E-state index contributed by atoms with van der Waals surface area (Å²) in [6.07, 6.45) is 2.04. The minimum Gasteiger partial charge on any atom is -0.341 e. The van der Waals surface area contributed by atoms with Crippen LogP contribution in [-0.2, 0) is 14.8 Å². The van der Waals surface area contributed by atoms with E-state index < -0.39 is 16.1 Å². The number of sulfonamides is 1. The van der Waals surface area contributed by atoms with E-state index in [0.717, 1.165) is 17.5 Å². The summed E-state index contributed by atoms with van der Waals surface area (Å²) in [4.78, 5) is 35.7. The van der Waals surface area contributed by atoms with E-state index in [1.165, 1.54) is 6.07 Å². The van der Waals surface area contributed by atoms with Crippen molar-refractivity contribution in [2.45, 2.75) is 50.1 Å². The van der Waals surface area contributed by atoms with Crippen LogP contribution in [0.25, 0.3) is 11.0 Å². The van der Waals surface area contributed by atoms with Gasteiger partial charge in [-0.15, -0.1) is 0 Å². The number of rotatable bonds is 5. The second kappa shape index (κ2) is 8.99. The van der Waals surface area contributed by atoms with Crippen LogP contribution in [0.3, 0.4) is 0 Å². The van der Waals surface area contributed by atoms with Gasteiger partial charge in [-0.3, -0.25) is 19.1 Å². The number of fused-ring (bicyclic) bond motifs is 2. The molecule has 2 aliphatic heterocycles. The van der Waals surface area contributed by atoms with Gasteiger partial charge in [0.1, 0.15) is 11.9 Å². The molecule has 2 aliphatic rings. The number of hydrogen-bond acceptors (Lipinski definition) is 5. The third-order valence-electron chi connectivity index (χ3n) is 7.13. The maximum atomic E-state index is 13.6. The molecule has 3 heterocycles. The van der Waals surface area contributed by atoms with Gasteiger partial charge < -0.3 is 9.88 Å². The minimum absolute atomic E-state index is 0.00424. The number of likely N-dealkylation sites (tertiary alicyclic amines) is 1. The van der Waals surface area contributed by atoms with Gasteiger partial charge >= 0.3 is 5.69 Å². The molecule has 0 aliphatic carbocycles. The number of carbonyl (C=O) groups is 1. The Kier molecular flexibility index (Phi) is 6.00. The van der Waals surface area contributed by atoms with Crippen LogP contribution in [0.4, 0.5) is 0 Å². The molecule has 1 aromatic heterocycles. The number of nitrogens with zero attached hydrogens (tertiary/aromatic N) is 3. The lowest BCUT2D eigenvalue weighted by molar-refractivity contribution is -0.134. The number of amides is 1. The molecular weight excluding hydrogens is 466 g/mol. The van der Waals surface area contributed by atoms with E-state index in [1.807, 2.05) is 38.1 Å². The summed E-state index contributed by atoms with van der Waals surface area (Å²) < 4.78 is 29.3. The minimum atomic E-state index is -3.68. The molecule has 0 bridgehead atoms. The number of aliphatic imine (C=N–C) groups is 1. The molecule has 0 radical (unpaired) electrons. The SMILES string of the molecule is CC[C@H](C)[C@H](N=C1NS(=O)(=O)c2ccccc21)C(=O)N1CCC(n2c(=O)[nH]c3ccccc32)CC1. The lowest BCUT2D eigenvalue weighted by Crippen LogP contribution is -2.46. The predicted molar refractivity (Wildman–Crippen MR) is 134 cm³/mol. The number of benzene rings is 2. The number of imidazole rings is 1. The van der Waals surface area contributed by atoms with Crippen molar-refractivity contribution < 1.29 is 13.2 Å². The first kappa shape index (κ1) is 23.3. The number of aromatic amines is 1. The molecule has 2 N–H and O–H groups in total. The van der Waals surface area contributed by atoms with Crippen LogP contribution in [0.2, 0.25) is 0 Å². The zero-order chi connectivity index (χ0) is 24.7. The van der Waals surface area contributed by atoms with Crippen LogP contribution in [0.15, 0.2) is 63.2 Å². The number of carbonyl (C=O) groups excluding carboxylic acids is 1. The molecule has 2 aromatic carbocycles. The van der Waals surface area contributed by atoms with Crippen LogP contribution < -0.4 is 10.4 Å². The highest BCUT2D eigenvalue weighted by atomic mass is 32.2. The molecule has 5 rings (SSSR count). The molecule has 1 fully saturated rings. The second-order valence-corrected chi connectivity index (χ2v) is 10.9. The van der Waals surface area contributed by atoms with Crippen molar-refractivity contribution in [1.29, 1.82) is 0 Å². The number of hydrogen-bond donors (Lipinski definition) is 2. The Morgan fingerprint density at radius 3 is 2.54 bits per heavy atom. The molecule has 3 aromatic rings. The van der Waals surface area contributed by atoms with E-state index >= 15 is 0 Å². The first-order valence-corrected chi connectivity index (χ1v) is 13.5. The van der Waals surface area contributed by atoms with Gasteiger partial charge in [0.15, 0.2) is 0 Å². The lowest BCUT2D eigenvalue weighted by Gasteiger charge is -2.35. The van der Waals surface area contributed by atoms with Gasteiger partial charge in [0.05, 0.1) is 15.9 Å². The Hall–Kier alpha value is -3.40. The third-order valence-corrected chi connectivity index (χ3v) is 8.53. The zero-order valence-corrected chi connectivity index (χ0v) is 20.6. The maximum Gasteiger partial charge on any atom is 0.326 e. The fourth-order valence-corrected chi connectivity index (χ4v) is 6.23. The molecule has 1 amide bonds. The summed E-state index contributed by atoms with van der Waals surface area (Å²) in [5, 5.41) is 0. The normalized spacial score (nSPS) is 20.5. The molecule has 1 saturated heterocycles. The number of aromatic nitrogens is 2. The van der Waals surface area contributed by atoms with Crippen LogP contribution in [0.5, 0.6) is 0 Å². The number of para-hydroxylation sites is 2. The highest BCUT2D eigenvalue weighted by Gasteiger charge is 2.35. The third kappa shape index (κ3) is 4.16. The number of piperidine rings is 1. The summed E-state index contributed by atoms with van der Waals surface area (Å²) in [5.41, 5.74) is 2.04. The Morgan fingerprint density at radius 2 is 1.80 bits per heavy atom. The summed E-state index contributed by atoms with van der Waals surface area (Å²) >= 11 is 0. The number of amidine groups is 1. The monoisotopic (exact) mass is 495 g/mol. The molecule has 0 saturated carbocycles. The maximum absolute atomic E-state index is 13.6. The molecule has 184 valence electrons. The molecule has 2 atom stereocenters. The molecular formula is C25H29N5O4S. The van der Waals surface area contributed by atoms with Crippen molar-refractivity contribution in [3.8, 4) is 0 Å². The topological polar surface area (TPSA) is 117 Å². The van der Waals surface area contributed by atoms with Gasteiger partial charge in [-0.2, -0.15) is 0 Å². The van der Waals surface area contributed by atoms with E-state index in [9.17, 15) is 18.0 Å². The van der Waals surface area contributed by atoms with E-state index in [2.05, 4.69) is 14.7 Å². The standard InChI is InChI=1S/C25H29N5O4S/c1-3-16(2)22(27-23-18-8-4-7-11-21(18)35(33,34)28-23)24(31)29-14-12-17(13-15-29)30-20-10-6-5-9-19(20)26-25(30)32/h4-11,16-17,22H,3,12-15H2,1-2H3,(H,26,32)(H,27,28)/t16-,22-/m0/s1. The van der Waals surface area contributed by atoms with Crippen molar-refractivity contribution in [2.75, 3.05) is 13.1 Å². The number of nitrogens with one attached hydrogen (secondary N) is 2. The Morgan fingerprint density at radius 1 is 1.11 bits per heavy atom. The molecule has 10 heteroatoms. The van der Waals surface area contributed by atoms with Crippen molar-refractivity contribution >= 4 is 32.8 Å². The Bertz CT molecular complexity index is 1460. The molecule has 9 nitrogen and oxygen atoms in total. The highest BCUT2D eigenvalue weighted by molar-refractivity contribution is 7.90. The average Bonchev–Trinajstić information content (AvgIpc) is 3.34. The summed E-state index contributed by atoms with van der Waals surface area (Å²) in [6, 6.07) is 13.6. The quantitative estimate of drug-likeness (QED) is 0.566. The van der Waals surface area contributed by atoms with Crippen LogP contribution in [0, 0.1) is 5.92 Å². The van der Waals surface area contributed by atoms with Crippen molar-refractivity contribution in [1.82, 2.24) is 19.2 Å². The first-order valence-electron chi connectivity index (χ1n) is 12.0. The van der Waals surface area contributed by atoms with Crippen molar-refractivity contribution in [3.63, 3.8) is 0 Å². The van der Waals surface area contributed by atoms with Gasteiger partial charge in [0.25, 0.3) is 10.0 Å². The van der Waals surface area contributed by atoms with E-state index in [1.54, 1.807) is 27.7 Å². The van der Waals surface area contributed by atoms with E-state index in [4.69, 9.17) is 0 Å². The van der Waals surface area contributed by atoms with Crippen molar-refractivity contribution in [2.24, 2.45) is 10.9 Å². The summed E-state index contributed by atoms with van der Waals surface area (Å²) in [5.74, 6) is 0.0425. The summed E-state index contributed by atoms with van der Waals surface area (Å²) in [7, 11) is -3.68. The number of H-pyrrole nitrogens is 1.